The molecule has 0 spiro atoms. The van der Waals surface area contributed by atoms with Crippen molar-refractivity contribution in [1.29, 1.82) is 0 Å². The molecule has 2 fully saturated rings. The van der Waals surface area contributed by atoms with E-state index in [1.807, 2.05) is 4.90 Å². The molecular weight excluding hydrogens is 156 g/mol. The van der Waals surface area contributed by atoms with Crippen LogP contribution in [0, 0.1) is 0 Å². The van der Waals surface area contributed by atoms with Crippen molar-refractivity contribution >= 4 is 11.7 Å². The average molecular weight is 168 g/mol. The second-order valence-electron chi connectivity index (χ2n) is 3.64. The first-order valence-corrected chi connectivity index (χ1v) is 4.22. The van der Waals surface area contributed by atoms with Crippen molar-refractivity contribution in [2.24, 2.45) is 5.73 Å². The third-order valence-electron chi connectivity index (χ3n) is 2.94. The molecule has 0 unspecified atom stereocenters. The first-order valence-electron chi connectivity index (χ1n) is 4.22. The third kappa shape index (κ3) is 0.813. The Hall–Kier alpha value is -0.900. The summed E-state index contributed by atoms with van der Waals surface area (Å²) in [5, 5.41) is 0. The van der Waals surface area contributed by atoms with Crippen LogP contribution in [-0.2, 0) is 9.59 Å². The number of carbonyl (C=O) groups excluding carboxylic acids is 2. The largest absolute Gasteiger partial charge is 0.368 e. The van der Waals surface area contributed by atoms with E-state index in [0.29, 0.717) is 13.0 Å². The minimum absolute atomic E-state index is 0.147. The molecule has 2 N–H and O–H groups in total. The summed E-state index contributed by atoms with van der Waals surface area (Å²) in [5.41, 5.74) is 4.70. The Labute approximate surface area is 70.7 Å². The van der Waals surface area contributed by atoms with Gasteiger partial charge in [-0.2, -0.15) is 0 Å². The van der Waals surface area contributed by atoms with E-state index in [1.165, 1.54) is 0 Å². The zero-order valence-corrected chi connectivity index (χ0v) is 6.88. The minimum Gasteiger partial charge on any atom is -0.368 e. The highest BCUT2D eigenvalue weighted by Crippen LogP contribution is 2.36. The van der Waals surface area contributed by atoms with E-state index in [9.17, 15) is 9.59 Å². The van der Waals surface area contributed by atoms with Gasteiger partial charge in [-0.25, -0.2) is 0 Å². The van der Waals surface area contributed by atoms with E-state index in [4.69, 9.17) is 5.73 Å². The van der Waals surface area contributed by atoms with Gasteiger partial charge < -0.3 is 5.73 Å². The fraction of sp³-hybridized carbons (Fsp3) is 0.750. The lowest BCUT2D eigenvalue weighted by atomic mass is 9.93. The summed E-state index contributed by atoms with van der Waals surface area (Å²) in [5.74, 6) is -0.181. The van der Waals surface area contributed by atoms with Gasteiger partial charge in [-0.15, -0.1) is 0 Å². The SMILES string of the molecule is NC(=O)[C@@]12CCCN1CC(=O)C2. The summed E-state index contributed by atoms with van der Waals surface area (Å²) in [6, 6.07) is 0. The molecule has 1 atom stereocenters. The van der Waals surface area contributed by atoms with Crippen LogP contribution in [0.1, 0.15) is 19.3 Å². The van der Waals surface area contributed by atoms with Crippen molar-refractivity contribution in [3.8, 4) is 0 Å². The number of nitrogens with two attached hydrogens (primary N) is 1. The van der Waals surface area contributed by atoms with E-state index < -0.39 is 5.54 Å². The summed E-state index contributed by atoms with van der Waals surface area (Å²) >= 11 is 0. The van der Waals surface area contributed by atoms with Gasteiger partial charge in [-0.1, -0.05) is 0 Å². The zero-order chi connectivity index (χ0) is 8.77. The molecule has 12 heavy (non-hydrogen) atoms. The molecule has 2 aliphatic rings. The summed E-state index contributed by atoms with van der Waals surface area (Å²) in [7, 11) is 0. The van der Waals surface area contributed by atoms with Crippen LogP contribution in [0.4, 0.5) is 0 Å². The maximum absolute atomic E-state index is 11.2. The van der Waals surface area contributed by atoms with Gasteiger partial charge in [0.15, 0.2) is 0 Å². The molecule has 1 amide bonds. The van der Waals surface area contributed by atoms with Crippen LogP contribution >= 0.6 is 0 Å². The molecule has 0 aliphatic carbocycles. The number of ketones is 1. The van der Waals surface area contributed by atoms with Crippen LogP contribution < -0.4 is 5.73 Å². The molecule has 0 saturated carbocycles. The number of Topliss-reactive ketones (excluding diaryl/α,β-unsaturated/α-hetero) is 1. The molecule has 0 aromatic carbocycles. The van der Waals surface area contributed by atoms with E-state index >= 15 is 0 Å². The van der Waals surface area contributed by atoms with Gasteiger partial charge >= 0.3 is 0 Å². The van der Waals surface area contributed by atoms with Crippen molar-refractivity contribution in [3.05, 3.63) is 0 Å². The van der Waals surface area contributed by atoms with Crippen molar-refractivity contribution in [2.45, 2.75) is 24.8 Å². The van der Waals surface area contributed by atoms with E-state index in [0.717, 1.165) is 19.4 Å². The van der Waals surface area contributed by atoms with Crippen LogP contribution in [0.3, 0.4) is 0 Å². The second-order valence-corrected chi connectivity index (χ2v) is 3.64. The molecule has 66 valence electrons. The van der Waals surface area contributed by atoms with E-state index in [1.54, 1.807) is 0 Å². The first kappa shape index (κ1) is 7.73. The number of fused-ring (bicyclic) bond motifs is 1. The first-order chi connectivity index (χ1) is 5.65. The predicted molar refractivity (Wildman–Crippen MR) is 42.4 cm³/mol. The number of primary amides is 1. The molecule has 0 radical (unpaired) electrons. The van der Waals surface area contributed by atoms with Gasteiger partial charge in [0.05, 0.1) is 6.54 Å². The fourth-order valence-electron chi connectivity index (χ4n) is 2.33. The van der Waals surface area contributed by atoms with Crippen molar-refractivity contribution in [1.82, 2.24) is 4.90 Å². The highest BCUT2D eigenvalue weighted by atomic mass is 16.2. The summed E-state index contributed by atoms with van der Waals surface area (Å²) in [6.45, 7) is 1.26. The molecular formula is C8H12N2O2. The normalized spacial score (nSPS) is 35.5. The summed E-state index contributed by atoms with van der Waals surface area (Å²) in [4.78, 5) is 24.2. The Morgan fingerprint density at radius 1 is 1.58 bits per heavy atom. The Bertz CT molecular complexity index is 251. The van der Waals surface area contributed by atoms with E-state index in [2.05, 4.69) is 0 Å². The van der Waals surface area contributed by atoms with Crippen LogP contribution in [0.2, 0.25) is 0 Å². The molecule has 2 rings (SSSR count). The van der Waals surface area contributed by atoms with Gasteiger partial charge in [0.25, 0.3) is 0 Å². The van der Waals surface area contributed by atoms with Crippen molar-refractivity contribution in [3.63, 3.8) is 0 Å². The summed E-state index contributed by atoms with van der Waals surface area (Å²) < 4.78 is 0. The smallest absolute Gasteiger partial charge is 0.238 e. The topological polar surface area (TPSA) is 63.4 Å². The molecule has 0 bridgehead atoms. The highest BCUT2D eigenvalue weighted by Gasteiger charge is 2.52. The molecule has 2 aliphatic heterocycles. The van der Waals surface area contributed by atoms with Crippen LogP contribution in [0.15, 0.2) is 0 Å². The van der Waals surface area contributed by atoms with Crippen molar-refractivity contribution in [2.75, 3.05) is 13.1 Å². The Morgan fingerprint density at radius 2 is 2.33 bits per heavy atom. The molecule has 0 aromatic rings. The van der Waals surface area contributed by atoms with Gasteiger partial charge in [0.1, 0.15) is 11.3 Å². The van der Waals surface area contributed by atoms with Gasteiger partial charge in [0, 0.05) is 6.42 Å². The van der Waals surface area contributed by atoms with Gasteiger partial charge in [0.2, 0.25) is 5.91 Å². The number of amides is 1. The Morgan fingerprint density at radius 3 is 2.92 bits per heavy atom. The number of rotatable bonds is 1. The quantitative estimate of drug-likeness (QED) is 0.562. The fourth-order valence-corrected chi connectivity index (χ4v) is 2.33. The molecule has 2 heterocycles. The van der Waals surface area contributed by atoms with Crippen molar-refractivity contribution < 1.29 is 9.59 Å². The number of carbonyl (C=O) groups is 2. The van der Waals surface area contributed by atoms with Crippen LogP contribution in [-0.4, -0.2) is 35.2 Å². The van der Waals surface area contributed by atoms with Crippen LogP contribution in [0.5, 0.6) is 0 Å². The Balaban J connectivity index is 2.32. The standard InChI is InChI=1S/C8H12N2O2/c9-7(12)8-2-1-3-10(8)5-6(11)4-8/h1-5H2,(H2,9,12)/t8-/m0/s1. The van der Waals surface area contributed by atoms with Gasteiger partial charge in [-0.3, -0.25) is 14.5 Å². The van der Waals surface area contributed by atoms with Crippen LogP contribution in [0.25, 0.3) is 0 Å². The van der Waals surface area contributed by atoms with Gasteiger partial charge in [-0.05, 0) is 19.4 Å². The lowest BCUT2D eigenvalue weighted by Crippen LogP contribution is -2.49. The summed E-state index contributed by atoms with van der Waals surface area (Å²) in [6.07, 6.45) is 2.08. The molecule has 2 saturated heterocycles. The zero-order valence-electron chi connectivity index (χ0n) is 6.88. The number of hydrogen-bond donors (Lipinski definition) is 1. The Kier molecular flexibility index (Phi) is 1.48. The highest BCUT2D eigenvalue weighted by molar-refractivity contribution is 5.96. The maximum atomic E-state index is 11.2. The van der Waals surface area contributed by atoms with E-state index in [-0.39, 0.29) is 11.7 Å². The minimum atomic E-state index is -0.600. The maximum Gasteiger partial charge on any atom is 0.238 e. The number of nitrogens with zero attached hydrogens (tertiary/aromatic N) is 1. The molecule has 4 nitrogen and oxygen atoms in total. The second kappa shape index (κ2) is 2.29. The lowest BCUT2D eigenvalue weighted by molar-refractivity contribution is -0.127. The third-order valence-corrected chi connectivity index (χ3v) is 2.94. The molecule has 4 heteroatoms. The predicted octanol–water partition coefficient (Wildman–Crippen LogP) is -0.721. The number of hydrogen-bond acceptors (Lipinski definition) is 3. The lowest BCUT2D eigenvalue weighted by Gasteiger charge is -2.26. The monoisotopic (exact) mass is 168 g/mol. The average Bonchev–Trinajstić information content (AvgIpc) is 2.42. The molecule has 0 aromatic heterocycles.